The molecule has 122 valence electrons. The Morgan fingerprint density at radius 1 is 1.36 bits per heavy atom. The van der Waals surface area contributed by atoms with E-state index in [2.05, 4.69) is 5.10 Å². The Hall–Kier alpha value is -2.06. The van der Waals surface area contributed by atoms with Gasteiger partial charge in [0.2, 0.25) is 5.91 Å². The Kier molecular flexibility index (Phi) is 4.43. The first kappa shape index (κ1) is 16.3. The molecule has 1 unspecified atom stereocenters. The summed E-state index contributed by atoms with van der Waals surface area (Å²) in [5, 5.41) is 12.6. The fourth-order valence-electron chi connectivity index (χ4n) is 2.46. The summed E-state index contributed by atoms with van der Waals surface area (Å²) in [6.07, 6.45) is -2.09. The molecule has 0 bridgehead atoms. The van der Waals surface area contributed by atoms with Gasteiger partial charge in [0.1, 0.15) is 6.04 Å². The number of carbonyl (C=O) groups excluding carboxylic acids is 1. The highest BCUT2D eigenvalue weighted by atomic mass is 19.4. The molecule has 0 aromatic carbocycles. The number of carbonyl (C=O) groups is 2. The summed E-state index contributed by atoms with van der Waals surface area (Å²) in [5.41, 5.74) is -0.0459. The van der Waals surface area contributed by atoms with E-state index < -0.39 is 24.1 Å². The van der Waals surface area contributed by atoms with Crippen LogP contribution in [0.5, 0.6) is 0 Å². The number of rotatable bonds is 3. The Morgan fingerprint density at radius 2 is 1.95 bits per heavy atom. The van der Waals surface area contributed by atoms with Gasteiger partial charge < -0.3 is 10.0 Å². The second kappa shape index (κ2) is 5.98. The summed E-state index contributed by atoms with van der Waals surface area (Å²) in [4.78, 5) is 24.4. The average molecular weight is 319 g/mol. The molecule has 1 aliphatic rings. The van der Waals surface area contributed by atoms with Gasteiger partial charge in [-0.05, 0) is 19.8 Å². The van der Waals surface area contributed by atoms with Crippen molar-refractivity contribution in [2.45, 2.75) is 32.0 Å². The normalized spacial score (nSPS) is 18.3. The second-order valence-corrected chi connectivity index (χ2v) is 5.33. The van der Waals surface area contributed by atoms with Crippen molar-refractivity contribution in [3.05, 3.63) is 18.0 Å². The minimum atomic E-state index is -4.22. The number of aromatic carboxylic acids is 1. The first-order valence-electron chi connectivity index (χ1n) is 6.83. The molecular weight excluding hydrogens is 303 g/mol. The number of piperidine rings is 1. The van der Waals surface area contributed by atoms with E-state index in [4.69, 9.17) is 5.11 Å². The van der Waals surface area contributed by atoms with Crippen LogP contribution in [0, 0.1) is 5.92 Å². The summed E-state index contributed by atoms with van der Waals surface area (Å²) in [6, 6.07) is -0.754. The molecule has 9 heteroatoms. The monoisotopic (exact) mass is 319 g/mol. The third-order valence-corrected chi connectivity index (χ3v) is 3.87. The Labute approximate surface area is 124 Å². The number of hydrogen-bond donors (Lipinski definition) is 1. The van der Waals surface area contributed by atoms with Gasteiger partial charge in [0.15, 0.2) is 0 Å². The molecule has 1 aromatic heterocycles. The van der Waals surface area contributed by atoms with Gasteiger partial charge in [-0.25, -0.2) is 4.79 Å². The van der Waals surface area contributed by atoms with Crippen molar-refractivity contribution < 1.29 is 27.9 Å². The number of halogens is 3. The summed E-state index contributed by atoms with van der Waals surface area (Å²) in [7, 11) is 0. The largest absolute Gasteiger partial charge is 0.478 e. The molecule has 0 aliphatic carbocycles. The molecular formula is C13H16F3N3O3. The average Bonchev–Trinajstić information content (AvgIpc) is 2.95. The van der Waals surface area contributed by atoms with Crippen LogP contribution in [0.4, 0.5) is 13.2 Å². The van der Waals surface area contributed by atoms with E-state index in [0.717, 1.165) is 6.20 Å². The fraction of sp³-hybridized carbons (Fsp3) is 0.615. The minimum absolute atomic E-state index is 0.0421. The van der Waals surface area contributed by atoms with Crippen LogP contribution in [0.1, 0.15) is 36.2 Å². The van der Waals surface area contributed by atoms with Crippen LogP contribution in [-0.4, -0.2) is 50.9 Å². The maximum absolute atomic E-state index is 12.6. The molecule has 1 aromatic rings. The van der Waals surface area contributed by atoms with Crippen molar-refractivity contribution in [2.75, 3.05) is 13.1 Å². The van der Waals surface area contributed by atoms with Crippen molar-refractivity contribution in [3.8, 4) is 0 Å². The van der Waals surface area contributed by atoms with Crippen LogP contribution in [-0.2, 0) is 4.79 Å². The van der Waals surface area contributed by atoms with Crippen molar-refractivity contribution in [1.82, 2.24) is 14.7 Å². The standard InChI is InChI=1S/C13H16F3N3O3/c1-8(19-7-9(6-17-19)12(21)22)11(20)18-4-2-10(3-5-18)13(14,15)16/h6-8,10H,2-5H2,1H3,(H,21,22). The first-order chi connectivity index (χ1) is 10.2. The topological polar surface area (TPSA) is 75.4 Å². The second-order valence-electron chi connectivity index (χ2n) is 5.33. The SMILES string of the molecule is CC(C(=O)N1CCC(C(F)(F)F)CC1)n1cc(C(=O)O)cn1. The lowest BCUT2D eigenvalue weighted by Crippen LogP contribution is -2.44. The summed E-state index contributed by atoms with van der Waals surface area (Å²) < 4.78 is 39.0. The number of nitrogens with zero attached hydrogens (tertiary/aromatic N) is 3. The molecule has 2 heterocycles. The van der Waals surface area contributed by atoms with Gasteiger partial charge >= 0.3 is 12.1 Å². The van der Waals surface area contributed by atoms with Gasteiger partial charge in [0, 0.05) is 19.3 Å². The van der Waals surface area contributed by atoms with Crippen molar-refractivity contribution in [1.29, 1.82) is 0 Å². The minimum Gasteiger partial charge on any atom is -0.478 e. The van der Waals surface area contributed by atoms with Crippen molar-refractivity contribution in [3.63, 3.8) is 0 Å². The highest BCUT2D eigenvalue weighted by molar-refractivity contribution is 5.87. The van der Waals surface area contributed by atoms with Crippen LogP contribution in [0.2, 0.25) is 0 Å². The molecule has 0 saturated carbocycles. The van der Waals surface area contributed by atoms with E-state index in [-0.39, 0.29) is 37.4 Å². The first-order valence-corrected chi connectivity index (χ1v) is 6.83. The molecule has 1 fully saturated rings. The molecule has 2 rings (SSSR count). The third-order valence-electron chi connectivity index (χ3n) is 3.87. The molecule has 6 nitrogen and oxygen atoms in total. The molecule has 0 spiro atoms. The van der Waals surface area contributed by atoms with Crippen LogP contribution in [0.15, 0.2) is 12.4 Å². The lowest BCUT2D eigenvalue weighted by Gasteiger charge is -2.34. The maximum atomic E-state index is 12.6. The maximum Gasteiger partial charge on any atom is 0.391 e. The molecule has 1 atom stereocenters. The predicted octanol–water partition coefficient (Wildman–Crippen LogP) is 1.94. The Bertz CT molecular complexity index is 562. The zero-order valence-electron chi connectivity index (χ0n) is 11.9. The number of likely N-dealkylation sites (tertiary alicyclic amines) is 1. The molecule has 1 saturated heterocycles. The number of aromatic nitrogens is 2. The van der Waals surface area contributed by atoms with E-state index in [9.17, 15) is 22.8 Å². The van der Waals surface area contributed by atoms with E-state index in [1.807, 2.05) is 0 Å². The zero-order valence-corrected chi connectivity index (χ0v) is 11.9. The summed E-state index contributed by atoms with van der Waals surface area (Å²) in [5.74, 6) is -2.88. The highest BCUT2D eigenvalue weighted by Crippen LogP contribution is 2.34. The van der Waals surface area contributed by atoms with Gasteiger partial charge in [0.05, 0.1) is 17.7 Å². The summed E-state index contributed by atoms with van der Waals surface area (Å²) in [6.45, 7) is 1.62. The molecule has 0 radical (unpaired) electrons. The van der Waals surface area contributed by atoms with Crippen molar-refractivity contribution in [2.24, 2.45) is 5.92 Å². The van der Waals surface area contributed by atoms with Crippen LogP contribution < -0.4 is 0 Å². The summed E-state index contributed by atoms with van der Waals surface area (Å²) >= 11 is 0. The zero-order chi connectivity index (χ0) is 16.5. The van der Waals surface area contributed by atoms with E-state index in [1.54, 1.807) is 0 Å². The van der Waals surface area contributed by atoms with Gasteiger partial charge in [-0.2, -0.15) is 18.3 Å². The quantitative estimate of drug-likeness (QED) is 0.924. The van der Waals surface area contributed by atoms with Crippen LogP contribution in [0.3, 0.4) is 0 Å². The van der Waals surface area contributed by atoms with Crippen LogP contribution >= 0.6 is 0 Å². The lowest BCUT2D eigenvalue weighted by molar-refractivity contribution is -0.186. The lowest BCUT2D eigenvalue weighted by atomic mass is 9.96. The number of carboxylic acids is 1. The van der Waals surface area contributed by atoms with E-state index in [0.29, 0.717) is 0 Å². The van der Waals surface area contributed by atoms with Crippen molar-refractivity contribution >= 4 is 11.9 Å². The number of alkyl halides is 3. The van der Waals surface area contributed by atoms with Crippen LogP contribution in [0.25, 0.3) is 0 Å². The molecule has 1 aliphatic heterocycles. The fourth-order valence-corrected chi connectivity index (χ4v) is 2.46. The number of carboxylic acid groups (broad SMARTS) is 1. The third kappa shape index (κ3) is 3.40. The highest BCUT2D eigenvalue weighted by Gasteiger charge is 2.42. The number of hydrogen-bond acceptors (Lipinski definition) is 3. The molecule has 1 N–H and O–H groups in total. The molecule has 22 heavy (non-hydrogen) atoms. The van der Waals surface area contributed by atoms with Gasteiger partial charge in [-0.15, -0.1) is 0 Å². The van der Waals surface area contributed by atoms with Gasteiger partial charge in [0.25, 0.3) is 0 Å². The van der Waals surface area contributed by atoms with E-state index >= 15 is 0 Å². The van der Waals surface area contributed by atoms with E-state index in [1.165, 1.54) is 22.7 Å². The van der Waals surface area contributed by atoms with Gasteiger partial charge in [-0.1, -0.05) is 0 Å². The van der Waals surface area contributed by atoms with Gasteiger partial charge in [-0.3, -0.25) is 9.48 Å². The Balaban J connectivity index is 1.98. The number of amides is 1. The Morgan fingerprint density at radius 3 is 2.41 bits per heavy atom. The predicted molar refractivity (Wildman–Crippen MR) is 69.3 cm³/mol. The smallest absolute Gasteiger partial charge is 0.391 e. The molecule has 1 amide bonds.